The molecule has 0 unspecified atom stereocenters. The number of nitrogens with zero attached hydrogens (tertiary/aromatic N) is 2. The van der Waals surface area contributed by atoms with Gasteiger partial charge in [0.1, 0.15) is 41.9 Å². The van der Waals surface area contributed by atoms with Gasteiger partial charge in [0.2, 0.25) is 11.8 Å². The van der Waals surface area contributed by atoms with Crippen LogP contribution in [0.1, 0.15) is 60.0 Å². The van der Waals surface area contributed by atoms with Crippen molar-refractivity contribution in [3.8, 4) is 5.75 Å². The highest BCUT2D eigenvalue weighted by Gasteiger charge is 2.40. The van der Waals surface area contributed by atoms with Gasteiger partial charge in [0.25, 0.3) is 0 Å². The first-order valence-electron chi connectivity index (χ1n) is 18.3. The number of aromatic amines is 1. The summed E-state index contributed by atoms with van der Waals surface area (Å²) < 4.78 is 11.3. The first-order valence-corrected chi connectivity index (χ1v) is 18.3. The number of ether oxygens (including phenoxy) is 2. The third kappa shape index (κ3) is 9.69. The maximum atomic E-state index is 14.8. The van der Waals surface area contributed by atoms with Crippen molar-refractivity contribution >= 4 is 34.9 Å². The molecule has 55 heavy (non-hydrogen) atoms. The summed E-state index contributed by atoms with van der Waals surface area (Å²) in [6, 6.07) is 24.1. The Labute approximate surface area is 320 Å². The Bertz CT molecular complexity index is 2140. The summed E-state index contributed by atoms with van der Waals surface area (Å²) in [5.74, 6) is -1.16. The van der Waals surface area contributed by atoms with Crippen molar-refractivity contribution in [3.63, 3.8) is 0 Å². The molecule has 12 heteroatoms. The predicted molar refractivity (Wildman–Crippen MR) is 207 cm³/mol. The lowest BCUT2D eigenvalue weighted by Gasteiger charge is -2.38. The van der Waals surface area contributed by atoms with Crippen molar-refractivity contribution in [2.45, 2.75) is 90.8 Å². The molecule has 0 bridgehead atoms. The highest BCUT2D eigenvalue weighted by Crippen LogP contribution is 2.27. The van der Waals surface area contributed by atoms with E-state index in [9.17, 15) is 24.3 Å². The quantitative estimate of drug-likeness (QED) is 0.124. The van der Waals surface area contributed by atoms with E-state index in [0.717, 1.165) is 38.9 Å². The van der Waals surface area contributed by atoms with E-state index >= 15 is 0 Å². The van der Waals surface area contributed by atoms with Gasteiger partial charge in [0.15, 0.2) is 0 Å². The van der Waals surface area contributed by atoms with Crippen molar-refractivity contribution in [1.82, 2.24) is 25.5 Å². The van der Waals surface area contributed by atoms with E-state index in [0.29, 0.717) is 11.3 Å². The number of imidazole rings is 1. The summed E-state index contributed by atoms with van der Waals surface area (Å²) in [5, 5.41) is 15.9. The Kier molecular flexibility index (Phi) is 11.5. The normalized spacial score (nSPS) is 15.1. The molecule has 1 aliphatic heterocycles. The maximum absolute atomic E-state index is 14.8. The Morgan fingerprint density at radius 1 is 0.873 bits per heavy atom. The van der Waals surface area contributed by atoms with Gasteiger partial charge in [-0.3, -0.25) is 9.59 Å². The van der Waals surface area contributed by atoms with Gasteiger partial charge in [-0.15, -0.1) is 0 Å². The zero-order valence-electron chi connectivity index (χ0n) is 31.7. The van der Waals surface area contributed by atoms with Crippen LogP contribution in [0.15, 0.2) is 91.0 Å². The van der Waals surface area contributed by atoms with Crippen LogP contribution in [0.3, 0.4) is 0 Å². The number of nitrogens with one attached hydrogen (secondary N) is 3. The van der Waals surface area contributed by atoms with Crippen molar-refractivity contribution in [3.05, 3.63) is 130 Å². The second-order valence-electron chi connectivity index (χ2n) is 15.0. The number of carbonyl (C=O) groups is 4. The number of rotatable bonds is 11. The van der Waals surface area contributed by atoms with Crippen LogP contribution >= 0.6 is 0 Å². The Morgan fingerprint density at radius 3 is 2.22 bits per heavy atom. The van der Waals surface area contributed by atoms with Crippen molar-refractivity contribution < 1.29 is 33.8 Å². The molecular weight excluding hydrogens is 699 g/mol. The average molecular weight is 746 g/mol. The molecule has 2 heterocycles. The number of para-hydroxylation sites is 2. The molecule has 4 N–H and O–H groups in total. The number of aromatic nitrogens is 2. The fraction of sp³-hybridized carbons (Fsp3) is 0.326. The summed E-state index contributed by atoms with van der Waals surface area (Å²) >= 11 is 0. The van der Waals surface area contributed by atoms with E-state index < -0.39 is 47.6 Å². The number of esters is 1. The number of alkyl carbamates (subject to hydrolysis) is 1. The number of hydrogen-bond donors (Lipinski definition) is 4. The van der Waals surface area contributed by atoms with Gasteiger partial charge in [-0.05, 0) is 92.3 Å². The fourth-order valence-electron chi connectivity index (χ4n) is 6.92. The van der Waals surface area contributed by atoms with Gasteiger partial charge in [-0.25, -0.2) is 14.6 Å². The minimum atomic E-state index is -1.15. The van der Waals surface area contributed by atoms with Crippen LogP contribution in [0.5, 0.6) is 5.75 Å². The van der Waals surface area contributed by atoms with Crippen molar-refractivity contribution in [2.24, 2.45) is 0 Å². The molecule has 0 radical (unpaired) electrons. The van der Waals surface area contributed by atoms with Gasteiger partial charge in [-0.1, -0.05) is 66.7 Å². The van der Waals surface area contributed by atoms with E-state index in [-0.39, 0.29) is 38.2 Å². The number of aromatic hydroxyl groups is 1. The molecule has 0 spiro atoms. The minimum Gasteiger partial charge on any atom is -0.508 e. The zero-order valence-corrected chi connectivity index (χ0v) is 31.7. The van der Waals surface area contributed by atoms with Crippen LogP contribution in [-0.2, 0) is 56.3 Å². The molecule has 12 nitrogen and oxygen atoms in total. The van der Waals surface area contributed by atoms with Crippen molar-refractivity contribution in [1.29, 1.82) is 0 Å². The number of H-pyrrole nitrogens is 1. The first-order chi connectivity index (χ1) is 26.2. The molecular formula is C43H47N5O7. The van der Waals surface area contributed by atoms with Crippen LogP contribution in [0.2, 0.25) is 0 Å². The Balaban J connectivity index is 1.31. The SMILES string of the molecule is Cc1cc(O)cc(C)c1C[C@H](NC(=O)OC(C)(C)C)C(=O)N1Cc2ccccc2C[C@H]1C(=O)N[C@@H](Cc1nc2ccccc2[nH]1)C(=O)OCc1ccccc1. The van der Waals surface area contributed by atoms with E-state index in [1.165, 1.54) is 4.90 Å². The third-order valence-corrected chi connectivity index (χ3v) is 9.57. The number of benzene rings is 4. The number of hydrogen-bond acceptors (Lipinski definition) is 8. The lowest BCUT2D eigenvalue weighted by Crippen LogP contribution is -2.60. The number of fused-ring (bicyclic) bond motifs is 2. The molecule has 1 aromatic heterocycles. The smallest absolute Gasteiger partial charge is 0.408 e. The van der Waals surface area contributed by atoms with E-state index in [1.54, 1.807) is 32.9 Å². The number of phenols is 1. The molecule has 5 aromatic rings. The molecule has 6 rings (SSSR count). The monoisotopic (exact) mass is 745 g/mol. The van der Waals surface area contributed by atoms with Gasteiger partial charge in [0, 0.05) is 25.8 Å². The van der Waals surface area contributed by atoms with Crippen LogP contribution in [0.4, 0.5) is 4.79 Å². The summed E-state index contributed by atoms with van der Waals surface area (Å²) in [4.78, 5) is 65.6. The standard InChI is InChI=1S/C43H47N5O7/c1-26-19-31(49)20-27(2)32(26)22-35(47-42(53)55-43(3,4)5)40(51)48-24-30-16-10-9-15-29(30)21-37(48)39(50)46-36(41(52)54-25-28-13-7-6-8-14-28)23-38-44-33-17-11-12-18-34(33)45-38/h6-20,35-37,49H,21-25H2,1-5H3,(H,44,45)(H,46,50)(H,47,53)/t35-,36-,37-/m0/s1. The molecule has 3 amide bonds. The molecule has 4 aromatic carbocycles. The maximum Gasteiger partial charge on any atom is 0.408 e. The van der Waals surface area contributed by atoms with Gasteiger partial charge in [0.05, 0.1) is 11.0 Å². The number of aryl methyl sites for hydroxylation is 2. The summed E-state index contributed by atoms with van der Waals surface area (Å²) in [6.45, 7) is 8.92. The number of carbonyl (C=O) groups excluding carboxylic acids is 4. The summed E-state index contributed by atoms with van der Waals surface area (Å²) in [7, 11) is 0. The minimum absolute atomic E-state index is 0.00168. The lowest BCUT2D eigenvalue weighted by atomic mass is 9.91. The van der Waals surface area contributed by atoms with E-state index in [2.05, 4.69) is 20.6 Å². The molecule has 0 fully saturated rings. The Morgan fingerprint density at radius 2 is 1.53 bits per heavy atom. The van der Waals surface area contributed by atoms with E-state index in [1.807, 2.05) is 92.7 Å². The first kappa shape index (κ1) is 38.6. The number of amides is 3. The lowest BCUT2D eigenvalue weighted by molar-refractivity contribution is -0.150. The highest BCUT2D eigenvalue weighted by atomic mass is 16.6. The van der Waals surface area contributed by atoms with Gasteiger partial charge < -0.3 is 35.1 Å². The van der Waals surface area contributed by atoms with Crippen LogP contribution in [0, 0.1) is 13.8 Å². The molecule has 286 valence electrons. The highest BCUT2D eigenvalue weighted by molar-refractivity contribution is 5.94. The molecule has 0 aliphatic carbocycles. The predicted octanol–water partition coefficient (Wildman–Crippen LogP) is 5.75. The van der Waals surface area contributed by atoms with Crippen molar-refractivity contribution in [2.75, 3.05) is 0 Å². The topological polar surface area (TPSA) is 163 Å². The largest absolute Gasteiger partial charge is 0.508 e. The second-order valence-corrected chi connectivity index (χ2v) is 15.0. The molecule has 1 aliphatic rings. The molecule has 3 atom stereocenters. The fourth-order valence-corrected chi connectivity index (χ4v) is 6.92. The van der Waals surface area contributed by atoms with Crippen LogP contribution in [0.25, 0.3) is 11.0 Å². The zero-order chi connectivity index (χ0) is 39.3. The molecule has 0 saturated heterocycles. The average Bonchev–Trinajstić information content (AvgIpc) is 3.56. The van der Waals surface area contributed by atoms with Gasteiger partial charge in [-0.2, -0.15) is 0 Å². The summed E-state index contributed by atoms with van der Waals surface area (Å²) in [5.41, 5.74) is 5.42. The number of phenolic OH excluding ortho intramolecular Hbond substituents is 1. The van der Waals surface area contributed by atoms with Crippen LogP contribution in [-0.4, -0.2) is 67.6 Å². The van der Waals surface area contributed by atoms with Gasteiger partial charge >= 0.3 is 12.1 Å². The second kappa shape index (κ2) is 16.5. The van der Waals surface area contributed by atoms with Crippen LogP contribution < -0.4 is 10.6 Å². The summed E-state index contributed by atoms with van der Waals surface area (Å²) in [6.07, 6.45) is -0.540. The Hall–Kier alpha value is -6.17. The van der Waals surface area contributed by atoms with E-state index in [4.69, 9.17) is 9.47 Å². The third-order valence-electron chi connectivity index (χ3n) is 9.57. The molecule has 0 saturated carbocycles.